The number of nitrogens with one attached hydrogen (secondary N) is 1. The molecule has 0 spiro atoms. The number of hydrogen-bond acceptors (Lipinski definition) is 3. The molecule has 0 aliphatic carbocycles. The Balaban J connectivity index is 2.21. The van der Waals surface area contributed by atoms with E-state index in [1.165, 1.54) is 0 Å². The minimum Gasteiger partial charge on any atom is -0.491 e. The fourth-order valence-electron chi connectivity index (χ4n) is 1.47. The summed E-state index contributed by atoms with van der Waals surface area (Å²) >= 11 is 0. The standard InChI is InChI=1S/C11H15NO2/c1-2-7-13-9-4-3-5-10-11(9)12-6-8-14-10/h3-5,12H,2,6-8H2,1H3. The van der Waals surface area contributed by atoms with E-state index in [0.717, 1.165) is 43.4 Å². The molecule has 0 atom stereocenters. The lowest BCUT2D eigenvalue weighted by atomic mass is 10.2. The number of hydrogen-bond donors (Lipinski definition) is 1. The highest BCUT2D eigenvalue weighted by molar-refractivity contribution is 5.67. The zero-order chi connectivity index (χ0) is 9.80. The van der Waals surface area contributed by atoms with Crippen molar-refractivity contribution >= 4 is 5.69 Å². The molecule has 0 radical (unpaired) electrons. The highest BCUT2D eigenvalue weighted by Gasteiger charge is 2.13. The van der Waals surface area contributed by atoms with Gasteiger partial charge in [0.15, 0.2) is 0 Å². The first-order valence-corrected chi connectivity index (χ1v) is 5.04. The summed E-state index contributed by atoms with van der Waals surface area (Å²) in [6, 6.07) is 5.88. The molecule has 0 saturated carbocycles. The summed E-state index contributed by atoms with van der Waals surface area (Å²) in [6.07, 6.45) is 1.02. The van der Waals surface area contributed by atoms with Gasteiger partial charge in [-0.2, -0.15) is 0 Å². The first-order chi connectivity index (χ1) is 6.92. The summed E-state index contributed by atoms with van der Waals surface area (Å²) in [4.78, 5) is 0. The minimum absolute atomic E-state index is 0.726. The number of anilines is 1. The van der Waals surface area contributed by atoms with Crippen molar-refractivity contribution in [2.45, 2.75) is 13.3 Å². The monoisotopic (exact) mass is 193 g/mol. The molecule has 1 heterocycles. The van der Waals surface area contributed by atoms with Crippen LogP contribution in [0.1, 0.15) is 13.3 Å². The van der Waals surface area contributed by atoms with Gasteiger partial charge in [-0.05, 0) is 18.6 Å². The predicted octanol–water partition coefficient (Wildman–Crippen LogP) is 2.28. The molecule has 0 unspecified atom stereocenters. The summed E-state index contributed by atoms with van der Waals surface area (Å²) in [5, 5.41) is 3.29. The van der Waals surface area contributed by atoms with Gasteiger partial charge in [-0.1, -0.05) is 13.0 Å². The maximum Gasteiger partial charge on any atom is 0.146 e. The molecule has 0 saturated heterocycles. The van der Waals surface area contributed by atoms with E-state index < -0.39 is 0 Å². The van der Waals surface area contributed by atoms with Crippen molar-refractivity contribution in [3.8, 4) is 11.5 Å². The third kappa shape index (κ3) is 1.76. The van der Waals surface area contributed by atoms with Crippen LogP contribution in [-0.2, 0) is 0 Å². The van der Waals surface area contributed by atoms with E-state index >= 15 is 0 Å². The van der Waals surface area contributed by atoms with Crippen LogP contribution in [0.3, 0.4) is 0 Å². The number of rotatable bonds is 3. The summed E-state index contributed by atoms with van der Waals surface area (Å²) in [7, 11) is 0. The Labute approximate surface area is 84.0 Å². The SMILES string of the molecule is CCCOc1cccc2c1NCCO2. The third-order valence-electron chi connectivity index (χ3n) is 2.11. The molecule has 0 fully saturated rings. The molecule has 1 aliphatic rings. The van der Waals surface area contributed by atoms with E-state index in [-0.39, 0.29) is 0 Å². The first kappa shape index (κ1) is 9.19. The maximum absolute atomic E-state index is 5.61. The lowest BCUT2D eigenvalue weighted by molar-refractivity contribution is 0.301. The zero-order valence-corrected chi connectivity index (χ0v) is 8.38. The van der Waals surface area contributed by atoms with Gasteiger partial charge in [0.2, 0.25) is 0 Å². The van der Waals surface area contributed by atoms with Gasteiger partial charge < -0.3 is 14.8 Å². The van der Waals surface area contributed by atoms with E-state index in [1.807, 2.05) is 18.2 Å². The average Bonchev–Trinajstić information content (AvgIpc) is 2.26. The normalized spacial score (nSPS) is 13.8. The topological polar surface area (TPSA) is 30.5 Å². The van der Waals surface area contributed by atoms with Crippen molar-refractivity contribution in [1.29, 1.82) is 0 Å². The largest absolute Gasteiger partial charge is 0.491 e. The van der Waals surface area contributed by atoms with Gasteiger partial charge >= 0.3 is 0 Å². The molecule has 2 rings (SSSR count). The van der Waals surface area contributed by atoms with Crippen LogP contribution in [-0.4, -0.2) is 19.8 Å². The van der Waals surface area contributed by atoms with Crippen LogP contribution >= 0.6 is 0 Å². The summed E-state index contributed by atoms with van der Waals surface area (Å²) in [5.74, 6) is 1.79. The number of benzene rings is 1. The van der Waals surface area contributed by atoms with Crippen molar-refractivity contribution in [2.75, 3.05) is 25.1 Å². The predicted molar refractivity (Wildman–Crippen MR) is 56.2 cm³/mol. The Bertz CT molecular complexity index is 312. The fraction of sp³-hybridized carbons (Fsp3) is 0.455. The number of ether oxygens (including phenoxy) is 2. The molecular weight excluding hydrogens is 178 g/mol. The van der Waals surface area contributed by atoms with Gasteiger partial charge in [-0.25, -0.2) is 0 Å². The Morgan fingerprint density at radius 3 is 3.29 bits per heavy atom. The summed E-state index contributed by atoms with van der Waals surface area (Å²) in [6.45, 7) is 4.42. The van der Waals surface area contributed by atoms with Gasteiger partial charge in [0.05, 0.1) is 6.61 Å². The molecule has 1 N–H and O–H groups in total. The summed E-state index contributed by atoms with van der Waals surface area (Å²) < 4.78 is 11.1. The first-order valence-electron chi connectivity index (χ1n) is 5.04. The highest BCUT2D eigenvalue weighted by atomic mass is 16.5. The Morgan fingerprint density at radius 1 is 1.50 bits per heavy atom. The van der Waals surface area contributed by atoms with Gasteiger partial charge in [-0.3, -0.25) is 0 Å². The Hall–Kier alpha value is -1.38. The molecule has 76 valence electrons. The van der Waals surface area contributed by atoms with Crippen molar-refractivity contribution in [2.24, 2.45) is 0 Å². The average molecular weight is 193 g/mol. The van der Waals surface area contributed by atoms with Crippen molar-refractivity contribution in [3.63, 3.8) is 0 Å². The van der Waals surface area contributed by atoms with Crippen LogP contribution in [0.15, 0.2) is 18.2 Å². The van der Waals surface area contributed by atoms with E-state index in [1.54, 1.807) is 0 Å². The Morgan fingerprint density at radius 2 is 2.43 bits per heavy atom. The summed E-state index contributed by atoms with van der Waals surface area (Å²) in [5.41, 5.74) is 0.993. The van der Waals surface area contributed by atoms with Gasteiger partial charge in [-0.15, -0.1) is 0 Å². The Kier molecular flexibility index (Phi) is 2.77. The van der Waals surface area contributed by atoms with Crippen molar-refractivity contribution < 1.29 is 9.47 Å². The molecule has 1 aromatic carbocycles. The molecule has 3 heteroatoms. The number of fused-ring (bicyclic) bond motifs is 1. The van der Waals surface area contributed by atoms with Gasteiger partial charge in [0.25, 0.3) is 0 Å². The molecule has 3 nitrogen and oxygen atoms in total. The van der Waals surface area contributed by atoms with Crippen LogP contribution in [0.5, 0.6) is 11.5 Å². The van der Waals surface area contributed by atoms with E-state index in [4.69, 9.17) is 9.47 Å². The minimum atomic E-state index is 0.726. The lowest BCUT2D eigenvalue weighted by Gasteiger charge is -2.21. The van der Waals surface area contributed by atoms with E-state index in [9.17, 15) is 0 Å². The lowest BCUT2D eigenvalue weighted by Crippen LogP contribution is -2.18. The quantitative estimate of drug-likeness (QED) is 0.798. The molecular formula is C11H15NO2. The van der Waals surface area contributed by atoms with Gasteiger partial charge in [0, 0.05) is 6.54 Å². The molecule has 1 aromatic rings. The van der Waals surface area contributed by atoms with Gasteiger partial charge in [0.1, 0.15) is 23.8 Å². The van der Waals surface area contributed by atoms with E-state index in [0.29, 0.717) is 0 Å². The second-order valence-corrected chi connectivity index (χ2v) is 3.25. The van der Waals surface area contributed by atoms with Crippen LogP contribution in [0.2, 0.25) is 0 Å². The van der Waals surface area contributed by atoms with Crippen LogP contribution < -0.4 is 14.8 Å². The number of para-hydroxylation sites is 1. The molecule has 0 amide bonds. The molecule has 0 aromatic heterocycles. The van der Waals surface area contributed by atoms with Crippen LogP contribution in [0, 0.1) is 0 Å². The second kappa shape index (κ2) is 4.22. The van der Waals surface area contributed by atoms with Crippen molar-refractivity contribution in [3.05, 3.63) is 18.2 Å². The van der Waals surface area contributed by atoms with Crippen molar-refractivity contribution in [1.82, 2.24) is 0 Å². The third-order valence-corrected chi connectivity index (χ3v) is 2.11. The smallest absolute Gasteiger partial charge is 0.146 e. The van der Waals surface area contributed by atoms with Crippen LogP contribution in [0.25, 0.3) is 0 Å². The fourth-order valence-corrected chi connectivity index (χ4v) is 1.47. The molecule has 1 aliphatic heterocycles. The maximum atomic E-state index is 5.61. The van der Waals surface area contributed by atoms with E-state index in [2.05, 4.69) is 12.2 Å². The highest BCUT2D eigenvalue weighted by Crippen LogP contribution is 2.36. The zero-order valence-electron chi connectivity index (χ0n) is 8.38. The van der Waals surface area contributed by atoms with Crippen LogP contribution in [0.4, 0.5) is 5.69 Å². The second-order valence-electron chi connectivity index (χ2n) is 3.25. The molecule has 14 heavy (non-hydrogen) atoms. The molecule has 0 bridgehead atoms.